The zero-order valence-corrected chi connectivity index (χ0v) is 11.9. The molecule has 1 heterocycles. The van der Waals surface area contributed by atoms with E-state index in [1.54, 1.807) is 12.1 Å². The van der Waals surface area contributed by atoms with Crippen molar-refractivity contribution in [2.24, 2.45) is 22.2 Å². The maximum Gasteiger partial charge on any atom is 0.336 e. The van der Waals surface area contributed by atoms with Crippen molar-refractivity contribution >= 4 is 16.9 Å². The molecule has 0 spiro atoms. The van der Waals surface area contributed by atoms with E-state index in [0.717, 1.165) is 18.4 Å². The van der Waals surface area contributed by atoms with Gasteiger partial charge in [-0.3, -0.25) is 4.99 Å². The van der Waals surface area contributed by atoms with E-state index in [1.165, 1.54) is 13.1 Å². The number of nitrogens with zero attached hydrogens (tertiary/aromatic N) is 1. The van der Waals surface area contributed by atoms with Crippen LogP contribution in [0.5, 0.6) is 0 Å². The van der Waals surface area contributed by atoms with Crippen LogP contribution < -0.4 is 22.8 Å². The van der Waals surface area contributed by atoms with Crippen molar-refractivity contribution in [1.82, 2.24) is 0 Å². The van der Waals surface area contributed by atoms with Crippen LogP contribution in [0.2, 0.25) is 0 Å². The van der Waals surface area contributed by atoms with Gasteiger partial charge in [-0.2, -0.15) is 0 Å². The van der Waals surface area contributed by atoms with Crippen molar-refractivity contribution in [1.29, 1.82) is 0 Å². The molecule has 0 radical (unpaired) electrons. The van der Waals surface area contributed by atoms with Gasteiger partial charge in [0.2, 0.25) is 0 Å². The molecule has 1 aromatic carbocycles. The standard InChI is InChI=1S/C9H6O2.C4H11N3.CH5N/c10-9-6-5-7-3-1-2-4-8(7)11-9;1-2-3-7-4(5)6;1-2/h1-6H;2-3H2,1H3,(H4,5,6,7);2H2,1H3. The summed E-state index contributed by atoms with van der Waals surface area (Å²) in [5.41, 5.74) is 14.8. The zero-order chi connectivity index (χ0) is 15.4. The van der Waals surface area contributed by atoms with Crippen molar-refractivity contribution in [2.75, 3.05) is 13.6 Å². The molecule has 0 aliphatic rings. The molecule has 0 bridgehead atoms. The highest BCUT2D eigenvalue weighted by molar-refractivity contribution is 5.76. The Labute approximate surface area is 118 Å². The Kier molecular flexibility index (Phi) is 9.33. The van der Waals surface area contributed by atoms with Gasteiger partial charge in [0.25, 0.3) is 0 Å². The van der Waals surface area contributed by atoms with E-state index in [0.29, 0.717) is 5.58 Å². The number of fused-ring (bicyclic) bond motifs is 1. The lowest BCUT2D eigenvalue weighted by molar-refractivity contribution is 0.561. The number of para-hydroxylation sites is 1. The molecule has 0 aliphatic heterocycles. The highest BCUT2D eigenvalue weighted by atomic mass is 16.4. The van der Waals surface area contributed by atoms with E-state index in [2.05, 4.69) is 10.7 Å². The Morgan fingerprint density at radius 3 is 2.35 bits per heavy atom. The number of guanidine groups is 1. The predicted octanol–water partition coefficient (Wildman–Crippen LogP) is 1.04. The molecule has 0 aliphatic carbocycles. The maximum absolute atomic E-state index is 10.7. The van der Waals surface area contributed by atoms with Gasteiger partial charge in [0.1, 0.15) is 5.58 Å². The van der Waals surface area contributed by atoms with Gasteiger partial charge in [-0.1, -0.05) is 25.1 Å². The summed E-state index contributed by atoms with van der Waals surface area (Å²) in [5.74, 6) is 0.182. The molecule has 2 rings (SSSR count). The number of nitrogens with two attached hydrogens (primary N) is 3. The Bertz CT molecular complexity index is 574. The van der Waals surface area contributed by atoms with Crippen LogP contribution in [-0.4, -0.2) is 19.6 Å². The molecule has 6 heteroatoms. The lowest BCUT2D eigenvalue weighted by atomic mass is 10.2. The lowest BCUT2D eigenvalue weighted by Gasteiger charge is -1.91. The third-order valence-electron chi connectivity index (χ3n) is 2.05. The molecule has 0 saturated heterocycles. The van der Waals surface area contributed by atoms with Crippen molar-refractivity contribution in [2.45, 2.75) is 13.3 Å². The summed E-state index contributed by atoms with van der Waals surface area (Å²) < 4.78 is 4.91. The van der Waals surface area contributed by atoms with Crippen LogP contribution >= 0.6 is 0 Å². The van der Waals surface area contributed by atoms with Crippen molar-refractivity contribution in [3.8, 4) is 0 Å². The molecular formula is C14H22N4O2. The Hall–Kier alpha value is -2.34. The van der Waals surface area contributed by atoms with E-state index in [-0.39, 0.29) is 11.6 Å². The first kappa shape index (κ1) is 17.7. The van der Waals surface area contributed by atoms with Crippen LogP contribution in [0.1, 0.15) is 13.3 Å². The van der Waals surface area contributed by atoms with E-state index in [9.17, 15) is 4.79 Å². The van der Waals surface area contributed by atoms with E-state index in [4.69, 9.17) is 15.9 Å². The van der Waals surface area contributed by atoms with Crippen LogP contribution in [0.3, 0.4) is 0 Å². The minimum absolute atomic E-state index is 0.182. The van der Waals surface area contributed by atoms with Crippen LogP contribution in [0.25, 0.3) is 11.0 Å². The summed E-state index contributed by atoms with van der Waals surface area (Å²) in [4.78, 5) is 14.4. The summed E-state index contributed by atoms with van der Waals surface area (Å²) in [7, 11) is 1.50. The highest BCUT2D eigenvalue weighted by Gasteiger charge is 1.92. The summed E-state index contributed by atoms with van der Waals surface area (Å²) in [6, 6.07) is 10.6. The predicted molar refractivity (Wildman–Crippen MR) is 83.6 cm³/mol. The maximum atomic E-state index is 10.7. The molecule has 0 amide bonds. The summed E-state index contributed by atoms with van der Waals surface area (Å²) in [6.45, 7) is 2.76. The number of hydrogen-bond donors (Lipinski definition) is 3. The summed E-state index contributed by atoms with van der Waals surface area (Å²) in [6.07, 6.45) is 0.998. The normalized spacial score (nSPS) is 8.75. The first-order valence-corrected chi connectivity index (χ1v) is 6.25. The van der Waals surface area contributed by atoms with E-state index in [1.807, 2.05) is 25.1 Å². The monoisotopic (exact) mass is 278 g/mol. The number of aliphatic imine (C=N–C) groups is 1. The van der Waals surface area contributed by atoms with Gasteiger partial charge in [-0.15, -0.1) is 0 Å². The van der Waals surface area contributed by atoms with Crippen LogP contribution in [0.4, 0.5) is 0 Å². The zero-order valence-electron chi connectivity index (χ0n) is 11.9. The SMILES string of the molecule is CCCN=C(N)N.CN.O=c1ccc2ccccc2o1. The Balaban J connectivity index is 0.000000352. The second-order valence-corrected chi connectivity index (χ2v) is 3.60. The molecule has 0 fully saturated rings. The smallest absolute Gasteiger partial charge is 0.336 e. The summed E-state index contributed by atoms with van der Waals surface area (Å²) in [5, 5.41) is 0.951. The van der Waals surface area contributed by atoms with Gasteiger partial charge in [0.15, 0.2) is 5.96 Å². The number of hydrogen-bond acceptors (Lipinski definition) is 4. The second-order valence-electron chi connectivity index (χ2n) is 3.60. The largest absolute Gasteiger partial charge is 0.423 e. The second kappa shape index (κ2) is 10.6. The Morgan fingerprint density at radius 1 is 1.15 bits per heavy atom. The van der Waals surface area contributed by atoms with Crippen molar-refractivity contribution in [3.63, 3.8) is 0 Å². The van der Waals surface area contributed by atoms with Gasteiger partial charge in [0.05, 0.1) is 0 Å². The lowest BCUT2D eigenvalue weighted by Crippen LogP contribution is -2.22. The number of rotatable bonds is 2. The molecule has 0 saturated carbocycles. The van der Waals surface area contributed by atoms with Gasteiger partial charge in [0, 0.05) is 18.0 Å². The van der Waals surface area contributed by atoms with Crippen molar-refractivity contribution in [3.05, 3.63) is 46.8 Å². The van der Waals surface area contributed by atoms with Gasteiger partial charge >= 0.3 is 5.63 Å². The third-order valence-corrected chi connectivity index (χ3v) is 2.05. The highest BCUT2D eigenvalue weighted by Crippen LogP contribution is 2.08. The molecule has 1 aromatic heterocycles. The summed E-state index contributed by atoms with van der Waals surface area (Å²) >= 11 is 0. The van der Waals surface area contributed by atoms with Gasteiger partial charge in [-0.25, -0.2) is 4.79 Å². The van der Waals surface area contributed by atoms with Crippen LogP contribution in [0.15, 0.2) is 50.6 Å². The molecule has 110 valence electrons. The fourth-order valence-corrected chi connectivity index (χ4v) is 1.25. The molecule has 20 heavy (non-hydrogen) atoms. The molecule has 2 aromatic rings. The minimum atomic E-state index is -0.302. The Morgan fingerprint density at radius 2 is 1.80 bits per heavy atom. The first-order valence-electron chi connectivity index (χ1n) is 6.25. The molecular weight excluding hydrogens is 256 g/mol. The van der Waals surface area contributed by atoms with Gasteiger partial charge in [-0.05, 0) is 25.6 Å². The third kappa shape index (κ3) is 7.17. The van der Waals surface area contributed by atoms with Crippen LogP contribution in [0, 0.1) is 0 Å². The fourth-order valence-electron chi connectivity index (χ4n) is 1.25. The van der Waals surface area contributed by atoms with Crippen molar-refractivity contribution < 1.29 is 4.42 Å². The molecule has 6 N–H and O–H groups in total. The van der Waals surface area contributed by atoms with Gasteiger partial charge < -0.3 is 21.6 Å². The molecule has 6 nitrogen and oxygen atoms in total. The quantitative estimate of drug-likeness (QED) is 0.430. The van der Waals surface area contributed by atoms with Crippen LogP contribution in [-0.2, 0) is 0 Å². The average Bonchev–Trinajstić information content (AvgIpc) is 2.47. The van der Waals surface area contributed by atoms with E-state index < -0.39 is 0 Å². The molecule has 0 unspecified atom stereocenters. The number of benzene rings is 1. The average molecular weight is 278 g/mol. The topological polar surface area (TPSA) is 121 Å². The first-order chi connectivity index (χ1) is 9.63. The molecule has 0 atom stereocenters. The fraction of sp³-hybridized carbons (Fsp3) is 0.286. The minimum Gasteiger partial charge on any atom is -0.423 e. The van der Waals surface area contributed by atoms with E-state index >= 15 is 0 Å².